The molecule has 2 rings (SSSR count). The van der Waals surface area contributed by atoms with Crippen LogP contribution in [0.3, 0.4) is 0 Å². The zero-order valence-corrected chi connectivity index (χ0v) is 13.5. The summed E-state index contributed by atoms with van der Waals surface area (Å²) in [4.78, 5) is 4.13. The maximum Gasteiger partial charge on any atom is 0.107 e. The van der Waals surface area contributed by atoms with Gasteiger partial charge in [-0.05, 0) is 36.6 Å². The molecule has 19 heavy (non-hydrogen) atoms. The third kappa shape index (κ3) is 3.23. The van der Waals surface area contributed by atoms with Crippen LogP contribution >= 0.6 is 24.0 Å². The molecule has 1 aromatic carbocycles. The van der Waals surface area contributed by atoms with Gasteiger partial charge in [0.2, 0.25) is 0 Å². The van der Waals surface area contributed by atoms with E-state index in [0.29, 0.717) is 4.99 Å². The minimum atomic E-state index is 0.505. The number of thiocarbonyl (C=S) groups is 1. The van der Waals surface area contributed by atoms with Gasteiger partial charge < -0.3 is 10.6 Å². The number of nitrogens with zero attached hydrogens (tertiary/aromatic N) is 1. The minimum absolute atomic E-state index is 0.505. The quantitative estimate of drug-likeness (QED) is 0.682. The summed E-state index contributed by atoms with van der Waals surface area (Å²) in [6, 6.07) is 6.35. The molecular weight excluding hydrogens is 272 g/mol. The Morgan fingerprint density at radius 3 is 2.47 bits per heavy atom. The molecule has 1 saturated heterocycles. The summed E-state index contributed by atoms with van der Waals surface area (Å²) in [6.45, 7) is 6.83. The minimum Gasteiger partial charge on any atom is -0.389 e. The van der Waals surface area contributed by atoms with Crippen molar-refractivity contribution in [3.63, 3.8) is 0 Å². The molecule has 2 nitrogen and oxygen atoms in total. The van der Waals surface area contributed by atoms with Gasteiger partial charge in [0.05, 0.1) is 0 Å². The number of benzene rings is 1. The molecule has 2 atom stereocenters. The fraction of sp³-hybridized carbons (Fsp3) is 0.533. The van der Waals surface area contributed by atoms with E-state index in [9.17, 15) is 0 Å². The lowest BCUT2D eigenvalue weighted by Gasteiger charge is -2.37. The molecule has 0 saturated carbocycles. The molecular formula is C15H22N2S2. The fourth-order valence-electron chi connectivity index (χ4n) is 3.06. The lowest BCUT2D eigenvalue weighted by Crippen LogP contribution is -2.39. The molecule has 0 radical (unpaired) electrons. The van der Waals surface area contributed by atoms with Crippen molar-refractivity contribution in [2.45, 2.75) is 25.2 Å². The molecule has 1 fully saturated rings. The molecule has 0 bridgehead atoms. The molecule has 2 unspecified atom stereocenters. The summed E-state index contributed by atoms with van der Waals surface area (Å²) in [7, 11) is 0. The van der Waals surface area contributed by atoms with Crippen LogP contribution in [0.5, 0.6) is 0 Å². The van der Waals surface area contributed by atoms with Crippen molar-refractivity contribution in [3.05, 3.63) is 23.8 Å². The van der Waals surface area contributed by atoms with E-state index >= 15 is 0 Å². The average molecular weight is 294 g/mol. The van der Waals surface area contributed by atoms with E-state index in [2.05, 4.69) is 43.2 Å². The first-order chi connectivity index (χ1) is 9.02. The predicted octanol–water partition coefficient (Wildman–Crippen LogP) is 3.53. The third-order valence-electron chi connectivity index (χ3n) is 3.68. The normalized spacial score (nSPS) is 23.4. The summed E-state index contributed by atoms with van der Waals surface area (Å²) in [6.07, 6.45) is 3.38. The van der Waals surface area contributed by atoms with Crippen LogP contribution in [0.1, 0.15) is 25.8 Å². The maximum absolute atomic E-state index is 5.96. The highest BCUT2D eigenvalue weighted by Gasteiger charge is 2.24. The Labute approximate surface area is 125 Å². The maximum atomic E-state index is 5.96. The summed E-state index contributed by atoms with van der Waals surface area (Å²) in [5.41, 5.74) is 8.21. The van der Waals surface area contributed by atoms with Gasteiger partial charge in [-0.15, -0.1) is 11.8 Å². The largest absolute Gasteiger partial charge is 0.389 e. The third-order valence-corrected chi connectivity index (χ3v) is 4.66. The highest BCUT2D eigenvalue weighted by Crippen LogP contribution is 2.33. The van der Waals surface area contributed by atoms with Gasteiger partial charge in [0.25, 0.3) is 0 Å². The first kappa shape index (κ1) is 14.7. The van der Waals surface area contributed by atoms with Crippen LogP contribution in [-0.4, -0.2) is 24.3 Å². The summed E-state index contributed by atoms with van der Waals surface area (Å²) in [5.74, 6) is 1.45. The van der Waals surface area contributed by atoms with Crippen LogP contribution in [0.15, 0.2) is 23.1 Å². The lowest BCUT2D eigenvalue weighted by atomic mass is 9.91. The van der Waals surface area contributed by atoms with E-state index in [-0.39, 0.29) is 0 Å². The first-order valence-electron chi connectivity index (χ1n) is 6.74. The molecule has 0 aromatic heterocycles. The van der Waals surface area contributed by atoms with Crippen LogP contribution in [0, 0.1) is 11.8 Å². The zero-order valence-electron chi connectivity index (χ0n) is 11.8. The number of thioether (sulfide) groups is 1. The van der Waals surface area contributed by atoms with Crippen LogP contribution in [0.2, 0.25) is 0 Å². The smallest absolute Gasteiger partial charge is 0.107 e. The Morgan fingerprint density at radius 1 is 1.32 bits per heavy atom. The van der Waals surface area contributed by atoms with E-state index < -0.39 is 0 Å². The molecule has 0 spiro atoms. The van der Waals surface area contributed by atoms with Crippen LogP contribution in [0.25, 0.3) is 0 Å². The number of nitrogens with two attached hydrogens (primary N) is 1. The van der Waals surface area contributed by atoms with E-state index in [1.807, 2.05) is 0 Å². The fourth-order valence-corrected chi connectivity index (χ4v) is 3.97. The predicted molar refractivity (Wildman–Crippen MR) is 89.3 cm³/mol. The Morgan fingerprint density at radius 2 is 1.95 bits per heavy atom. The molecule has 1 aliphatic heterocycles. The van der Waals surface area contributed by atoms with Gasteiger partial charge in [-0.25, -0.2) is 0 Å². The van der Waals surface area contributed by atoms with Crippen molar-refractivity contribution in [3.8, 4) is 0 Å². The highest BCUT2D eigenvalue weighted by molar-refractivity contribution is 7.98. The summed E-state index contributed by atoms with van der Waals surface area (Å²) < 4.78 is 0. The molecule has 4 heteroatoms. The number of anilines is 1. The number of piperidine rings is 1. The van der Waals surface area contributed by atoms with Crippen molar-refractivity contribution in [2.24, 2.45) is 17.6 Å². The number of hydrogen-bond donors (Lipinski definition) is 1. The monoisotopic (exact) mass is 294 g/mol. The van der Waals surface area contributed by atoms with Crippen LogP contribution < -0.4 is 10.6 Å². The Kier molecular flexibility index (Phi) is 4.74. The van der Waals surface area contributed by atoms with Gasteiger partial charge in [0.15, 0.2) is 0 Å². The molecule has 1 aromatic rings. The van der Waals surface area contributed by atoms with Crippen molar-refractivity contribution in [1.29, 1.82) is 0 Å². The Bertz CT molecular complexity index is 463. The van der Waals surface area contributed by atoms with Gasteiger partial charge in [-0.1, -0.05) is 32.1 Å². The number of rotatable bonds is 3. The molecule has 1 aliphatic rings. The van der Waals surface area contributed by atoms with Crippen molar-refractivity contribution < 1.29 is 0 Å². The van der Waals surface area contributed by atoms with Crippen molar-refractivity contribution in [2.75, 3.05) is 24.2 Å². The van der Waals surface area contributed by atoms with E-state index in [1.165, 1.54) is 17.0 Å². The van der Waals surface area contributed by atoms with Gasteiger partial charge in [-0.2, -0.15) is 0 Å². The number of hydrogen-bond acceptors (Lipinski definition) is 3. The standard InChI is InChI=1S/C15H22N2S2/c1-10-7-11(2)9-17(8-10)12-5-4-6-13(19-3)14(12)15(16)18/h4-6,10-11H,7-9H2,1-3H3,(H2,16,18). The van der Waals surface area contributed by atoms with E-state index in [1.54, 1.807) is 11.8 Å². The van der Waals surface area contributed by atoms with Crippen LogP contribution in [-0.2, 0) is 0 Å². The summed E-state index contributed by atoms with van der Waals surface area (Å²) in [5, 5.41) is 0. The van der Waals surface area contributed by atoms with Gasteiger partial charge in [-0.3, -0.25) is 0 Å². The van der Waals surface area contributed by atoms with Gasteiger partial charge in [0.1, 0.15) is 4.99 Å². The van der Waals surface area contributed by atoms with Crippen molar-refractivity contribution in [1.82, 2.24) is 0 Å². The average Bonchev–Trinajstić information content (AvgIpc) is 2.36. The van der Waals surface area contributed by atoms with E-state index in [4.69, 9.17) is 18.0 Å². The Hall–Kier alpha value is -0.740. The highest BCUT2D eigenvalue weighted by atomic mass is 32.2. The molecule has 2 N–H and O–H groups in total. The second-order valence-electron chi connectivity index (χ2n) is 5.57. The van der Waals surface area contributed by atoms with Gasteiger partial charge in [0, 0.05) is 29.2 Å². The molecule has 0 aliphatic carbocycles. The SMILES string of the molecule is CSc1cccc(N2CC(C)CC(C)C2)c1C(N)=S. The van der Waals surface area contributed by atoms with Crippen molar-refractivity contribution >= 4 is 34.7 Å². The van der Waals surface area contributed by atoms with E-state index in [0.717, 1.165) is 30.5 Å². The van der Waals surface area contributed by atoms with Gasteiger partial charge >= 0.3 is 0 Å². The molecule has 104 valence electrons. The zero-order chi connectivity index (χ0) is 14.0. The lowest BCUT2D eigenvalue weighted by molar-refractivity contribution is 0.357. The topological polar surface area (TPSA) is 29.3 Å². The molecule has 0 amide bonds. The second kappa shape index (κ2) is 6.14. The first-order valence-corrected chi connectivity index (χ1v) is 8.38. The molecule has 1 heterocycles. The summed E-state index contributed by atoms with van der Waals surface area (Å²) >= 11 is 6.98. The van der Waals surface area contributed by atoms with Crippen LogP contribution in [0.4, 0.5) is 5.69 Å². The Balaban J connectivity index is 2.41. The second-order valence-corrected chi connectivity index (χ2v) is 6.86.